The highest BCUT2D eigenvalue weighted by atomic mass is 16.5. The van der Waals surface area contributed by atoms with E-state index < -0.39 is 0 Å². The molecule has 5 heteroatoms. The molecule has 0 atom stereocenters. The van der Waals surface area contributed by atoms with Gasteiger partial charge >= 0.3 is 0 Å². The SMILES string of the molecule is Cn1ccnc1CCNCc1ccon1. The number of aromatic nitrogens is 3. The van der Waals surface area contributed by atoms with Crippen molar-refractivity contribution >= 4 is 0 Å². The molecule has 0 saturated heterocycles. The van der Waals surface area contributed by atoms with Crippen molar-refractivity contribution in [2.24, 2.45) is 7.05 Å². The molecule has 0 spiro atoms. The highest BCUT2D eigenvalue weighted by Crippen LogP contribution is 1.96. The molecule has 0 bridgehead atoms. The molecule has 0 aliphatic heterocycles. The first-order valence-electron chi connectivity index (χ1n) is 4.92. The van der Waals surface area contributed by atoms with E-state index in [1.807, 2.05) is 30.1 Å². The number of hydrogen-bond donors (Lipinski definition) is 1. The molecule has 80 valence electrons. The Labute approximate surface area is 88.1 Å². The normalized spacial score (nSPS) is 10.7. The lowest BCUT2D eigenvalue weighted by Crippen LogP contribution is -2.18. The summed E-state index contributed by atoms with van der Waals surface area (Å²) in [6.07, 6.45) is 6.26. The third-order valence-corrected chi connectivity index (χ3v) is 2.24. The molecule has 1 N–H and O–H groups in total. The van der Waals surface area contributed by atoms with Crippen LogP contribution in [0, 0.1) is 0 Å². The lowest BCUT2D eigenvalue weighted by atomic mass is 10.3. The first-order chi connectivity index (χ1) is 7.36. The zero-order chi connectivity index (χ0) is 10.5. The van der Waals surface area contributed by atoms with E-state index in [4.69, 9.17) is 4.52 Å². The summed E-state index contributed by atoms with van der Waals surface area (Å²) in [5.74, 6) is 1.09. The van der Waals surface area contributed by atoms with Gasteiger partial charge in [-0.3, -0.25) is 0 Å². The highest BCUT2D eigenvalue weighted by molar-refractivity contribution is 4.95. The second-order valence-corrected chi connectivity index (χ2v) is 3.37. The average Bonchev–Trinajstić information content (AvgIpc) is 2.85. The van der Waals surface area contributed by atoms with Gasteiger partial charge in [-0.1, -0.05) is 5.16 Å². The van der Waals surface area contributed by atoms with E-state index in [0.717, 1.165) is 31.0 Å². The van der Waals surface area contributed by atoms with Gasteiger partial charge in [-0.2, -0.15) is 0 Å². The quantitative estimate of drug-likeness (QED) is 0.733. The van der Waals surface area contributed by atoms with Gasteiger partial charge < -0.3 is 14.4 Å². The molecule has 5 nitrogen and oxygen atoms in total. The zero-order valence-electron chi connectivity index (χ0n) is 8.68. The molecule has 2 rings (SSSR count). The van der Waals surface area contributed by atoms with Crippen molar-refractivity contribution in [2.45, 2.75) is 13.0 Å². The summed E-state index contributed by atoms with van der Waals surface area (Å²) in [5, 5.41) is 7.09. The number of imidazole rings is 1. The van der Waals surface area contributed by atoms with Crippen LogP contribution in [-0.2, 0) is 20.0 Å². The zero-order valence-corrected chi connectivity index (χ0v) is 8.68. The van der Waals surface area contributed by atoms with Crippen LogP contribution >= 0.6 is 0 Å². The third kappa shape index (κ3) is 2.66. The smallest absolute Gasteiger partial charge is 0.124 e. The minimum Gasteiger partial charge on any atom is -0.364 e. The van der Waals surface area contributed by atoms with Gasteiger partial charge in [0, 0.05) is 45.0 Å². The van der Waals surface area contributed by atoms with E-state index in [9.17, 15) is 0 Å². The molecular weight excluding hydrogens is 192 g/mol. The largest absolute Gasteiger partial charge is 0.364 e. The fourth-order valence-electron chi connectivity index (χ4n) is 1.38. The van der Waals surface area contributed by atoms with Crippen LogP contribution in [0.1, 0.15) is 11.5 Å². The first-order valence-corrected chi connectivity index (χ1v) is 4.92. The van der Waals surface area contributed by atoms with Crippen LogP contribution in [0.25, 0.3) is 0 Å². The average molecular weight is 206 g/mol. The molecular formula is C10H14N4O. The topological polar surface area (TPSA) is 55.9 Å². The summed E-state index contributed by atoms with van der Waals surface area (Å²) in [4.78, 5) is 4.24. The van der Waals surface area contributed by atoms with Gasteiger partial charge in [0.1, 0.15) is 12.1 Å². The fourth-order valence-corrected chi connectivity index (χ4v) is 1.38. The Morgan fingerprint density at radius 1 is 1.53 bits per heavy atom. The van der Waals surface area contributed by atoms with Crippen LogP contribution in [0.2, 0.25) is 0 Å². The van der Waals surface area contributed by atoms with E-state index in [-0.39, 0.29) is 0 Å². The molecule has 2 aromatic rings. The van der Waals surface area contributed by atoms with Gasteiger partial charge in [-0.15, -0.1) is 0 Å². The Hall–Kier alpha value is -1.62. The molecule has 0 fully saturated rings. The molecule has 0 aromatic carbocycles. The Morgan fingerprint density at radius 2 is 2.47 bits per heavy atom. The number of nitrogens with zero attached hydrogens (tertiary/aromatic N) is 3. The summed E-state index contributed by atoms with van der Waals surface area (Å²) in [5.41, 5.74) is 0.926. The Morgan fingerprint density at radius 3 is 3.13 bits per heavy atom. The molecule has 0 amide bonds. The minimum atomic E-state index is 0.737. The van der Waals surface area contributed by atoms with E-state index in [0.29, 0.717) is 0 Å². The maximum Gasteiger partial charge on any atom is 0.124 e. The summed E-state index contributed by atoms with van der Waals surface area (Å²) in [7, 11) is 2.00. The maximum atomic E-state index is 4.73. The number of hydrogen-bond acceptors (Lipinski definition) is 4. The van der Waals surface area contributed by atoms with Crippen molar-refractivity contribution in [3.63, 3.8) is 0 Å². The van der Waals surface area contributed by atoms with E-state index in [2.05, 4.69) is 15.5 Å². The van der Waals surface area contributed by atoms with Crippen molar-refractivity contribution in [3.05, 3.63) is 36.2 Å². The van der Waals surface area contributed by atoms with E-state index >= 15 is 0 Å². The first kappa shape index (κ1) is 9.92. The number of aryl methyl sites for hydroxylation is 1. The van der Waals surface area contributed by atoms with Gasteiger partial charge in [-0.25, -0.2) is 4.98 Å². The summed E-state index contributed by atoms with van der Waals surface area (Å²) >= 11 is 0. The van der Waals surface area contributed by atoms with Crippen LogP contribution in [0.3, 0.4) is 0 Å². The number of nitrogens with one attached hydrogen (secondary N) is 1. The molecule has 2 heterocycles. The standard InChI is InChI=1S/C10H14N4O/c1-14-6-5-12-10(14)2-4-11-8-9-3-7-15-13-9/h3,5-7,11H,2,4,8H2,1H3. The third-order valence-electron chi connectivity index (χ3n) is 2.24. The summed E-state index contributed by atoms with van der Waals surface area (Å²) in [6.45, 7) is 1.62. The second kappa shape index (κ2) is 4.75. The molecule has 0 unspecified atom stereocenters. The van der Waals surface area contributed by atoms with E-state index in [1.165, 1.54) is 0 Å². The van der Waals surface area contributed by atoms with Crippen LogP contribution in [0.5, 0.6) is 0 Å². The number of rotatable bonds is 5. The van der Waals surface area contributed by atoms with Gasteiger partial charge in [0.05, 0.1) is 5.69 Å². The molecule has 15 heavy (non-hydrogen) atoms. The van der Waals surface area contributed by atoms with Gasteiger partial charge in [0.25, 0.3) is 0 Å². The maximum absolute atomic E-state index is 4.73. The molecule has 0 saturated carbocycles. The van der Waals surface area contributed by atoms with Crippen LogP contribution < -0.4 is 5.32 Å². The molecule has 0 aliphatic carbocycles. The molecule has 2 aromatic heterocycles. The van der Waals surface area contributed by atoms with Crippen molar-refractivity contribution < 1.29 is 4.52 Å². The Kier molecular flexibility index (Phi) is 3.14. The van der Waals surface area contributed by atoms with Crippen molar-refractivity contribution in [2.75, 3.05) is 6.54 Å². The fraction of sp³-hybridized carbons (Fsp3) is 0.400. The van der Waals surface area contributed by atoms with Gasteiger partial charge in [0.2, 0.25) is 0 Å². The summed E-state index contributed by atoms with van der Waals surface area (Å²) in [6, 6.07) is 1.85. The second-order valence-electron chi connectivity index (χ2n) is 3.37. The van der Waals surface area contributed by atoms with Crippen LogP contribution in [0.4, 0.5) is 0 Å². The lowest BCUT2D eigenvalue weighted by molar-refractivity contribution is 0.408. The van der Waals surface area contributed by atoms with Crippen LogP contribution in [-0.4, -0.2) is 21.3 Å². The molecule has 0 aliphatic rings. The van der Waals surface area contributed by atoms with Crippen molar-refractivity contribution in [3.8, 4) is 0 Å². The van der Waals surface area contributed by atoms with E-state index in [1.54, 1.807) is 6.26 Å². The predicted octanol–water partition coefficient (Wildman–Crippen LogP) is 0.740. The summed E-state index contributed by atoms with van der Waals surface area (Å²) < 4.78 is 6.76. The monoisotopic (exact) mass is 206 g/mol. The Bertz CT molecular complexity index is 393. The van der Waals surface area contributed by atoms with Gasteiger partial charge in [0.15, 0.2) is 0 Å². The lowest BCUT2D eigenvalue weighted by Gasteiger charge is -2.02. The van der Waals surface area contributed by atoms with Crippen LogP contribution in [0.15, 0.2) is 29.2 Å². The van der Waals surface area contributed by atoms with Crippen molar-refractivity contribution in [1.82, 2.24) is 20.0 Å². The molecule has 0 radical (unpaired) electrons. The predicted molar refractivity (Wildman–Crippen MR) is 55.1 cm³/mol. The minimum absolute atomic E-state index is 0.737. The van der Waals surface area contributed by atoms with Gasteiger partial charge in [-0.05, 0) is 0 Å². The highest BCUT2D eigenvalue weighted by Gasteiger charge is 1.99. The van der Waals surface area contributed by atoms with Crippen molar-refractivity contribution in [1.29, 1.82) is 0 Å². The Balaban J connectivity index is 1.70.